The first kappa shape index (κ1) is 76.8. The maximum atomic E-state index is 8.58. The predicted molar refractivity (Wildman–Crippen MR) is 313 cm³/mol. The van der Waals surface area contributed by atoms with E-state index in [0.717, 1.165) is 43.3 Å². The summed E-state index contributed by atoms with van der Waals surface area (Å²) in [6.45, 7) is 10.9. The molecule has 10 heteroatoms. The van der Waals surface area contributed by atoms with E-state index >= 15 is 0 Å². The number of nitrogens with zero attached hydrogens (tertiary/aromatic N) is 9. The first-order valence-corrected chi connectivity index (χ1v) is 33.8. The van der Waals surface area contributed by atoms with Gasteiger partial charge >= 0.3 is 72.1 Å². The second-order valence-electron chi connectivity index (χ2n) is 24.6. The average Bonchev–Trinajstić information content (AvgIpc) is 3.35. The first-order valence-electron chi connectivity index (χ1n) is 30.5. The van der Waals surface area contributed by atoms with Gasteiger partial charge in [0, 0.05) is 0 Å². The van der Waals surface area contributed by atoms with Crippen molar-refractivity contribution in [2.45, 2.75) is 290 Å². The Bertz CT molecular complexity index is 1270. The van der Waals surface area contributed by atoms with Crippen LogP contribution in [0, 0.1) is 61.4 Å². The second kappa shape index (κ2) is 48.9. The molecule has 0 saturated heterocycles. The topological polar surface area (TPSA) is 143 Å². The third-order valence-corrected chi connectivity index (χ3v) is 17.4. The SMILES string of the molecule is CCCCCCCCCCCCCCCC[N+](C)(C)C.CCCCCCCCCCCCCCCC[N+](C)(C)C.CCCCCCCCCCCCCCCC[N+](C)(C)C.N#[C][Fe-3]([C]#N)([C]#N)([C]#N)([C]#N)[C]#N. The summed E-state index contributed by atoms with van der Waals surface area (Å²) in [4.78, 5) is 6.19. The second-order valence-corrected chi connectivity index (χ2v) is 30.3. The number of rotatable bonds is 45. The molecular weight excluding hydrogens is 939 g/mol. The molecule has 0 radical (unpaired) electrons. The molecule has 0 amide bonds. The maximum absolute atomic E-state index is 8.58. The number of quaternary nitrogens is 3. The van der Waals surface area contributed by atoms with Crippen molar-refractivity contribution in [3.05, 3.63) is 0 Å². The van der Waals surface area contributed by atoms with Crippen LogP contribution in [0.1, 0.15) is 290 Å². The van der Waals surface area contributed by atoms with Crippen molar-refractivity contribution in [3.8, 4) is 29.8 Å². The van der Waals surface area contributed by atoms with Crippen molar-refractivity contribution in [3.63, 3.8) is 0 Å². The van der Waals surface area contributed by atoms with Crippen molar-refractivity contribution in [1.82, 2.24) is 0 Å². The fourth-order valence-electron chi connectivity index (χ4n) is 8.61. The van der Waals surface area contributed by atoms with Gasteiger partial charge < -0.3 is 13.4 Å². The normalized spacial score (nSPS) is 12.2. The van der Waals surface area contributed by atoms with Crippen molar-refractivity contribution in [1.29, 1.82) is 31.6 Å². The fourth-order valence-corrected chi connectivity index (χ4v) is 9.44. The molecule has 0 heterocycles. The fraction of sp³-hybridized carbons (Fsp3) is 0.905. The Morgan fingerprint density at radius 2 is 0.315 bits per heavy atom. The molecule has 0 aliphatic heterocycles. The van der Waals surface area contributed by atoms with Gasteiger partial charge in [-0.25, -0.2) is 0 Å². The Hall–Kier alpha value is -2.66. The molecule has 9 nitrogen and oxygen atoms in total. The summed E-state index contributed by atoms with van der Waals surface area (Å²) in [5.74, 6) is 0. The van der Waals surface area contributed by atoms with Gasteiger partial charge in [-0.2, -0.15) is 0 Å². The van der Waals surface area contributed by atoms with Crippen LogP contribution >= 0.6 is 0 Å². The van der Waals surface area contributed by atoms with Crippen LogP contribution in [0.15, 0.2) is 0 Å². The van der Waals surface area contributed by atoms with E-state index in [1.807, 2.05) is 0 Å². The Labute approximate surface area is 456 Å². The molecule has 0 aromatic rings. The van der Waals surface area contributed by atoms with Crippen molar-refractivity contribution in [2.75, 3.05) is 83.1 Å². The Morgan fingerprint density at radius 1 is 0.205 bits per heavy atom. The first-order chi connectivity index (χ1) is 34.7. The molecule has 73 heavy (non-hydrogen) atoms. The molecule has 0 saturated carbocycles. The van der Waals surface area contributed by atoms with Crippen LogP contribution in [0.4, 0.5) is 0 Å². The van der Waals surface area contributed by atoms with Crippen molar-refractivity contribution < 1.29 is 24.2 Å². The van der Waals surface area contributed by atoms with E-state index in [2.05, 4.69) is 84.2 Å². The van der Waals surface area contributed by atoms with E-state index in [0.29, 0.717) is 0 Å². The molecule has 0 bridgehead atoms. The Kier molecular flexibility index (Phi) is 51.5. The molecular formula is C63H126FeN9. The van der Waals surface area contributed by atoms with Gasteiger partial charge in [0.2, 0.25) is 0 Å². The van der Waals surface area contributed by atoms with Crippen LogP contribution in [0.2, 0.25) is 0 Å². The number of hydrogen-bond acceptors (Lipinski definition) is 6. The number of nitriles is 6. The molecule has 0 rings (SSSR count). The van der Waals surface area contributed by atoms with Crippen LogP contribution in [0.3, 0.4) is 0 Å². The molecule has 0 aliphatic carbocycles. The summed E-state index contributed by atoms with van der Waals surface area (Å²) in [6.07, 6.45) is 61.1. The molecule has 0 unspecified atom stereocenters. The van der Waals surface area contributed by atoms with Gasteiger partial charge in [0.05, 0.1) is 83.1 Å². The zero-order valence-electron chi connectivity index (χ0n) is 51.2. The molecule has 0 aromatic carbocycles. The van der Waals surface area contributed by atoms with Crippen LogP contribution < -0.4 is 0 Å². The van der Waals surface area contributed by atoms with Gasteiger partial charge in [0.1, 0.15) is 0 Å². The van der Waals surface area contributed by atoms with E-state index < -0.39 is 10.7 Å². The molecule has 0 fully saturated rings. The minimum absolute atomic E-state index is 1.03. The number of unbranched alkanes of at least 4 members (excludes halogenated alkanes) is 39. The van der Waals surface area contributed by atoms with E-state index in [1.54, 1.807) is 0 Å². The summed E-state index contributed by atoms with van der Waals surface area (Å²) in [6, 6.07) is 0. The Balaban J connectivity index is -0.000000440. The average molecular weight is 1070 g/mol. The predicted octanol–water partition coefficient (Wildman–Crippen LogP) is 18.6. The van der Waals surface area contributed by atoms with E-state index in [4.69, 9.17) is 31.6 Å². The van der Waals surface area contributed by atoms with E-state index in [9.17, 15) is 0 Å². The summed E-state index contributed by atoms with van der Waals surface area (Å²) >= 11 is 0. The standard InChI is InChI=1S/3C19H42N.6CN.Fe/c3*1-5-6-7-8-9-10-11-12-13-14-15-16-17-18-19-20(2,3)4;6*1-2;/h3*5-19H2,1-4H3;;;;;;;/q3*+1;;;;;;;-3. The summed E-state index contributed by atoms with van der Waals surface area (Å²) in [5, 5.41) is 51.5. The van der Waals surface area contributed by atoms with E-state index in [1.165, 1.54) is 289 Å². The van der Waals surface area contributed by atoms with Gasteiger partial charge in [-0.1, -0.05) is 252 Å². The summed E-state index contributed by atoms with van der Waals surface area (Å²) in [7, 11) is 14.5. The van der Waals surface area contributed by atoms with Gasteiger partial charge in [0.25, 0.3) is 0 Å². The molecule has 0 aromatic heterocycles. The van der Waals surface area contributed by atoms with E-state index in [-0.39, 0.29) is 0 Å². The molecule has 431 valence electrons. The minimum atomic E-state index is -6.17. The van der Waals surface area contributed by atoms with Gasteiger partial charge in [-0.3, -0.25) is 0 Å². The third-order valence-electron chi connectivity index (χ3n) is 13.7. The Morgan fingerprint density at radius 3 is 0.397 bits per heavy atom. The molecule has 0 spiro atoms. The van der Waals surface area contributed by atoms with Crippen LogP contribution in [-0.4, -0.2) is 96.5 Å². The van der Waals surface area contributed by atoms with Crippen LogP contribution in [0.5, 0.6) is 0 Å². The van der Waals surface area contributed by atoms with Crippen molar-refractivity contribution >= 4 is 0 Å². The molecule has 0 N–H and O–H groups in total. The zero-order valence-corrected chi connectivity index (χ0v) is 52.3. The monoisotopic (exact) mass is 1060 g/mol. The van der Waals surface area contributed by atoms with Crippen LogP contribution in [-0.2, 0) is 10.7 Å². The van der Waals surface area contributed by atoms with Crippen LogP contribution in [0.25, 0.3) is 0 Å². The quantitative estimate of drug-likeness (QED) is 0.0338. The summed E-state index contributed by atoms with van der Waals surface area (Å²) < 4.78 is 3.37. The van der Waals surface area contributed by atoms with Gasteiger partial charge in [0.15, 0.2) is 0 Å². The van der Waals surface area contributed by atoms with Gasteiger partial charge in [-0.05, 0) is 38.5 Å². The third kappa shape index (κ3) is 51.2. The van der Waals surface area contributed by atoms with Crippen molar-refractivity contribution in [2.24, 2.45) is 0 Å². The molecule has 0 atom stereocenters. The zero-order chi connectivity index (χ0) is 56.0. The summed E-state index contributed by atoms with van der Waals surface area (Å²) in [5.41, 5.74) is 0. The number of hydrogen-bond donors (Lipinski definition) is 0. The van der Waals surface area contributed by atoms with Gasteiger partial charge in [-0.15, -0.1) is 0 Å². The molecule has 0 aliphatic rings.